The molecule has 0 fully saturated rings. The van der Waals surface area contributed by atoms with Crippen LogP contribution in [0.4, 0.5) is 0 Å². The highest BCUT2D eigenvalue weighted by molar-refractivity contribution is 5.91. The van der Waals surface area contributed by atoms with Crippen molar-refractivity contribution < 1.29 is 39.2 Å². The Hall–Kier alpha value is -2.34. The van der Waals surface area contributed by atoms with Crippen LogP contribution in [-0.2, 0) is 23.9 Å². The SMILES string of the molecule is CN(CCC(=O)NCC(C)(C)COCC(C)(C)CC(=O)NC(CO)CC(O)CO)C(=O)/C=C\C=O. The summed E-state index contributed by atoms with van der Waals surface area (Å²) in [5, 5.41) is 33.3. The normalized spacial score (nSPS) is 13.8. The molecule has 0 saturated heterocycles. The summed E-state index contributed by atoms with van der Waals surface area (Å²) >= 11 is 0. The molecule has 35 heavy (non-hydrogen) atoms. The number of nitrogens with one attached hydrogen (secondary N) is 2. The number of likely N-dealkylation sites (N-methyl/N-ethyl adjacent to an activating group) is 1. The third-order valence-electron chi connectivity index (χ3n) is 5.11. The van der Waals surface area contributed by atoms with Gasteiger partial charge >= 0.3 is 0 Å². The standard InChI is InChI=1S/C24H43N3O8/c1-23(2,12-21(33)26-18(13-29)11-19(31)14-30)16-35-17-24(3,4)15-25-20(32)8-9-27(5)22(34)7-6-10-28/h6-7,10,18-19,29-31H,8-9,11-17H2,1-5H3,(H,25,32)(H,26,33)/b7-6-. The second kappa shape index (κ2) is 16.4. The van der Waals surface area contributed by atoms with Crippen molar-refractivity contribution >= 4 is 24.0 Å². The first kappa shape index (κ1) is 32.7. The Morgan fingerprint density at radius 2 is 1.66 bits per heavy atom. The zero-order valence-electron chi connectivity index (χ0n) is 21.6. The number of aldehydes is 1. The number of aliphatic hydroxyl groups is 3. The number of hydrogen-bond acceptors (Lipinski definition) is 8. The molecule has 0 aliphatic carbocycles. The quantitative estimate of drug-likeness (QED) is 0.122. The molecule has 0 heterocycles. The number of allylic oxidation sites excluding steroid dienone is 1. The summed E-state index contributed by atoms with van der Waals surface area (Å²) in [7, 11) is 1.55. The Balaban J connectivity index is 4.39. The van der Waals surface area contributed by atoms with Crippen LogP contribution in [0.5, 0.6) is 0 Å². The maximum atomic E-state index is 12.3. The molecule has 2 unspecified atom stereocenters. The van der Waals surface area contributed by atoms with Gasteiger partial charge in [0.1, 0.15) is 6.29 Å². The molecule has 0 aliphatic heterocycles. The Labute approximate surface area is 207 Å². The second-order valence-electron chi connectivity index (χ2n) is 10.3. The summed E-state index contributed by atoms with van der Waals surface area (Å²) in [5.41, 5.74) is -0.862. The van der Waals surface area contributed by atoms with Crippen LogP contribution in [0.2, 0.25) is 0 Å². The van der Waals surface area contributed by atoms with Crippen LogP contribution >= 0.6 is 0 Å². The van der Waals surface area contributed by atoms with Gasteiger partial charge in [0, 0.05) is 44.5 Å². The zero-order chi connectivity index (χ0) is 27.1. The number of ether oxygens (including phenoxy) is 1. The number of carbonyl (C=O) groups excluding carboxylic acids is 4. The monoisotopic (exact) mass is 501 g/mol. The fourth-order valence-electron chi connectivity index (χ4n) is 3.06. The third kappa shape index (κ3) is 16.0. The summed E-state index contributed by atoms with van der Waals surface area (Å²) in [6, 6.07) is -0.644. The summed E-state index contributed by atoms with van der Waals surface area (Å²) in [5.74, 6) is -0.859. The molecular formula is C24H43N3O8. The Bertz CT molecular complexity index is 709. The summed E-state index contributed by atoms with van der Waals surface area (Å²) in [6.45, 7) is 8.05. The summed E-state index contributed by atoms with van der Waals surface area (Å²) in [6.07, 6.45) is 2.07. The van der Waals surface area contributed by atoms with Gasteiger partial charge < -0.3 is 35.6 Å². The van der Waals surface area contributed by atoms with Crippen molar-refractivity contribution in [2.24, 2.45) is 10.8 Å². The number of rotatable bonds is 18. The van der Waals surface area contributed by atoms with Crippen molar-refractivity contribution in [2.45, 2.75) is 59.1 Å². The van der Waals surface area contributed by atoms with Crippen LogP contribution in [0.15, 0.2) is 12.2 Å². The van der Waals surface area contributed by atoms with Crippen LogP contribution in [0.1, 0.15) is 47.0 Å². The Morgan fingerprint density at radius 3 is 2.23 bits per heavy atom. The van der Waals surface area contributed by atoms with E-state index >= 15 is 0 Å². The average molecular weight is 502 g/mol. The Morgan fingerprint density at radius 1 is 1.03 bits per heavy atom. The first-order valence-electron chi connectivity index (χ1n) is 11.7. The van der Waals surface area contributed by atoms with Crippen LogP contribution in [0.3, 0.4) is 0 Å². The molecule has 0 spiro atoms. The molecule has 0 bridgehead atoms. The van der Waals surface area contributed by atoms with Crippen LogP contribution in [0.25, 0.3) is 0 Å². The van der Waals surface area contributed by atoms with E-state index in [0.717, 1.165) is 12.2 Å². The number of hydrogen-bond donors (Lipinski definition) is 5. The van der Waals surface area contributed by atoms with E-state index in [-0.39, 0.29) is 55.6 Å². The van der Waals surface area contributed by atoms with Crippen molar-refractivity contribution in [3.05, 3.63) is 12.2 Å². The number of aliphatic hydroxyl groups excluding tert-OH is 3. The predicted molar refractivity (Wildman–Crippen MR) is 130 cm³/mol. The lowest BCUT2D eigenvalue weighted by atomic mass is 9.89. The van der Waals surface area contributed by atoms with Crippen LogP contribution in [-0.4, -0.2) is 103 Å². The van der Waals surface area contributed by atoms with Gasteiger partial charge in [-0.3, -0.25) is 19.2 Å². The van der Waals surface area contributed by atoms with E-state index < -0.39 is 24.2 Å². The Kier molecular flexibility index (Phi) is 15.3. The number of nitrogens with zero attached hydrogens (tertiary/aromatic N) is 1. The molecule has 2 atom stereocenters. The molecule has 11 heteroatoms. The molecular weight excluding hydrogens is 458 g/mol. The maximum Gasteiger partial charge on any atom is 0.246 e. The van der Waals surface area contributed by atoms with Crippen molar-refractivity contribution in [3.8, 4) is 0 Å². The van der Waals surface area contributed by atoms with E-state index in [1.54, 1.807) is 7.05 Å². The first-order chi connectivity index (χ1) is 16.2. The summed E-state index contributed by atoms with van der Waals surface area (Å²) < 4.78 is 5.83. The van der Waals surface area contributed by atoms with Gasteiger partial charge in [0.25, 0.3) is 0 Å². The van der Waals surface area contributed by atoms with Gasteiger partial charge in [0.2, 0.25) is 17.7 Å². The predicted octanol–water partition coefficient (Wildman–Crippen LogP) is -0.614. The molecule has 0 aliphatic rings. The topological polar surface area (TPSA) is 166 Å². The third-order valence-corrected chi connectivity index (χ3v) is 5.11. The molecule has 202 valence electrons. The van der Waals surface area contributed by atoms with Crippen molar-refractivity contribution in [1.82, 2.24) is 15.5 Å². The lowest BCUT2D eigenvalue weighted by Gasteiger charge is -2.29. The molecule has 11 nitrogen and oxygen atoms in total. The minimum Gasteiger partial charge on any atom is -0.394 e. The van der Waals surface area contributed by atoms with E-state index in [4.69, 9.17) is 9.84 Å². The van der Waals surface area contributed by atoms with E-state index in [1.165, 1.54) is 4.90 Å². The smallest absolute Gasteiger partial charge is 0.246 e. The van der Waals surface area contributed by atoms with Gasteiger partial charge in [0.05, 0.1) is 38.6 Å². The highest BCUT2D eigenvalue weighted by Gasteiger charge is 2.26. The second-order valence-corrected chi connectivity index (χ2v) is 10.3. The lowest BCUT2D eigenvalue weighted by Crippen LogP contribution is -2.42. The minimum atomic E-state index is -1.01. The molecule has 0 saturated carbocycles. The van der Waals surface area contributed by atoms with E-state index in [2.05, 4.69) is 10.6 Å². The molecule has 0 aromatic carbocycles. The van der Waals surface area contributed by atoms with E-state index in [0.29, 0.717) is 26.0 Å². The maximum absolute atomic E-state index is 12.3. The van der Waals surface area contributed by atoms with Crippen LogP contribution < -0.4 is 10.6 Å². The average Bonchev–Trinajstić information content (AvgIpc) is 2.78. The molecule has 3 amide bonds. The highest BCUT2D eigenvalue weighted by atomic mass is 16.5. The fraction of sp³-hybridized carbons (Fsp3) is 0.750. The zero-order valence-corrected chi connectivity index (χ0v) is 21.6. The van der Waals surface area contributed by atoms with Gasteiger partial charge in [-0.25, -0.2) is 0 Å². The summed E-state index contributed by atoms with van der Waals surface area (Å²) in [4.78, 5) is 47.8. The van der Waals surface area contributed by atoms with Gasteiger partial charge in [-0.15, -0.1) is 0 Å². The molecule has 5 N–H and O–H groups in total. The van der Waals surface area contributed by atoms with Gasteiger partial charge in [-0.05, 0) is 17.9 Å². The molecule has 0 aromatic heterocycles. The van der Waals surface area contributed by atoms with Gasteiger partial charge in [0.15, 0.2) is 0 Å². The van der Waals surface area contributed by atoms with E-state index in [9.17, 15) is 29.4 Å². The van der Waals surface area contributed by atoms with Crippen molar-refractivity contribution in [3.63, 3.8) is 0 Å². The van der Waals surface area contributed by atoms with Gasteiger partial charge in [-0.2, -0.15) is 0 Å². The molecule has 0 aromatic rings. The number of amides is 3. The van der Waals surface area contributed by atoms with Gasteiger partial charge in [-0.1, -0.05) is 27.7 Å². The largest absolute Gasteiger partial charge is 0.394 e. The van der Waals surface area contributed by atoms with Crippen LogP contribution in [0, 0.1) is 10.8 Å². The lowest BCUT2D eigenvalue weighted by molar-refractivity contribution is -0.127. The van der Waals surface area contributed by atoms with Crippen molar-refractivity contribution in [1.29, 1.82) is 0 Å². The first-order valence-corrected chi connectivity index (χ1v) is 11.7. The highest BCUT2D eigenvalue weighted by Crippen LogP contribution is 2.23. The fourth-order valence-corrected chi connectivity index (χ4v) is 3.06. The number of carbonyl (C=O) groups is 4. The minimum absolute atomic E-state index is 0.0550. The molecule has 0 rings (SSSR count). The molecule has 0 radical (unpaired) electrons. The van der Waals surface area contributed by atoms with E-state index in [1.807, 2.05) is 27.7 Å². The van der Waals surface area contributed by atoms with Crippen molar-refractivity contribution in [2.75, 3.05) is 46.6 Å².